The zero-order chi connectivity index (χ0) is 21.8. The van der Waals surface area contributed by atoms with Gasteiger partial charge in [-0.3, -0.25) is 0 Å². The summed E-state index contributed by atoms with van der Waals surface area (Å²) in [5.41, 5.74) is 0.276. The van der Waals surface area contributed by atoms with Gasteiger partial charge in [-0.2, -0.15) is 0 Å². The Labute approximate surface area is 177 Å². The molecule has 0 atom stereocenters. The number of hydrogen-bond acceptors (Lipinski definition) is 4. The van der Waals surface area contributed by atoms with Crippen molar-refractivity contribution >= 4 is 31.7 Å². The predicted octanol–water partition coefficient (Wildman–Crippen LogP) is 5.53. The second kappa shape index (κ2) is 7.03. The molecular weight excluding hydrogens is 379 g/mol. The van der Waals surface area contributed by atoms with Crippen LogP contribution in [0.2, 0.25) is 18.1 Å². The Morgan fingerprint density at radius 2 is 1.52 bits per heavy atom. The van der Waals surface area contributed by atoms with Gasteiger partial charge >= 0.3 is 7.12 Å². The van der Waals surface area contributed by atoms with Gasteiger partial charge in [0.25, 0.3) is 8.32 Å². The minimum absolute atomic E-state index is 0.116. The second-order valence-corrected chi connectivity index (χ2v) is 15.3. The molecular formula is C23H35BO4Si. The van der Waals surface area contributed by atoms with Gasteiger partial charge in [0.15, 0.2) is 0 Å². The lowest BCUT2D eigenvalue weighted by molar-refractivity contribution is 0.00578. The first-order chi connectivity index (χ1) is 13.2. The van der Waals surface area contributed by atoms with E-state index in [1.54, 1.807) is 7.11 Å². The van der Waals surface area contributed by atoms with Crippen LogP contribution in [0.1, 0.15) is 48.5 Å². The lowest BCUT2D eigenvalue weighted by Crippen LogP contribution is -2.43. The Bertz CT molecular complexity index is 899. The molecule has 2 aromatic carbocycles. The number of rotatable bonds is 4. The standard InChI is InChI=1S/C23H35BO4Si/c1-21(2,3)29(9,10)26-20-15-18(25-8)14-16-13-17(11-12-19(16)20)24-27-22(4,5)23(6,7)28-24/h11-15H,1-10H3. The van der Waals surface area contributed by atoms with E-state index in [1.807, 2.05) is 12.1 Å². The third-order valence-electron chi connectivity index (χ3n) is 6.84. The van der Waals surface area contributed by atoms with E-state index in [4.69, 9.17) is 18.5 Å². The quantitative estimate of drug-likeness (QED) is 0.617. The molecule has 0 amide bonds. The summed E-state index contributed by atoms with van der Waals surface area (Å²) in [7, 11) is -0.680. The smallest absolute Gasteiger partial charge is 0.494 e. The number of methoxy groups -OCH3 is 1. The van der Waals surface area contributed by atoms with Crippen molar-refractivity contribution in [1.29, 1.82) is 0 Å². The van der Waals surface area contributed by atoms with Crippen molar-refractivity contribution in [3.63, 3.8) is 0 Å². The molecule has 3 rings (SSSR count). The first kappa shape index (κ1) is 22.2. The molecule has 0 spiro atoms. The topological polar surface area (TPSA) is 36.9 Å². The maximum absolute atomic E-state index is 6.65. The van der Waals surface area contributed by atoms with E-state index in [0.717, 1.165) is 27.7 Å². The molecule has 0 aliphatic carbocycles. The molecule has 4 nitrogen and oxygen atoms in total. The van der Waals surface area contributed by atoms with Crippen LogP contribution in [0.15, 0.2) is 30.3 Å². The molecule has 6 heteroatoms. The summed E-state index contributed by atoms with van der Waals surface area (Å²) in [5.74, 6) is 1.67. The fourth-order valence-electron chi connectivity index (χ4n) is 3.08. The maximum atomic E-state index is 6.65. The van der Waals surface area contributed by atoms with E-state index in [-0.39, 0.29) is 23.4 Å². The van der Waals surface area contributed by atoms with Crippen molar-refractivity contribution in [3.05, 3.63) is 30.3 Å². The number of benzene rings is 2. The Hall–Kier alpha value is -1.50. The summed E-state index contributed by atoms with van der Waals surface area (Å²) in [6.45, 7) is 19.6. The second-order valence-electron chi connectivity index (χ2n) is 10.6. The van der Waals surface area contributed by atoms with Crippen LogP contribution >= 0.6 is 0 Å². The molecule has 0 unspecified atom stereocenters. The van der Waals surface area contributed by atoms with Crippen molar-refractivity contribution in [3.8, 4) is 11.5 Å². The van der Waals surface area contributed by atoms with E-state index >= 15 is 0 Å². The molecule has 1 aliphatic heterocycles. The Kier molecular flexibility index (Phi) is 5.38. The van der Waals surface area contributed by atoms with Gasteiger partial charge in [-0.1, -0.05) is 39.0 Å². The minimum Gasteiger partial charge on any atom is -0.543 e. The van der Waals surface area contributed by atoms with E-state index in [9.17, 15) is 0 Å². The van der Waals surface area contributed by atoms with Crippen LogP contribution < -0.4 is 14.6 Å². The highest BCUT2D eigenvalue weighted by Gasteiger charge is 2.51. The first-order valence-electron chi connectivity index (χ1n) is 10.3. The van der Waals surface area contributed by atoms with Gasteiger partial charge in [0.05, 0.1) is 18.3 Å². The summed E-state index contributed by atoms with van der Waals surface area (Å²) < 4.78 is 24.7. The zero-order valence-corrected chi connectivity index (χ0v) is 20.6. The monoisotopic (exact) mass is 414 g/mol. The summed E-state index contributed by atoms with van der Waals surface area (Å²) in [6, 6.07) is 10.4. The fraction of sp³-hybridized carbons (Fsp3) is 0.565. The Morgan fingerprint density at radius 1 is 0.931 bits per heavy atom. The van der Waals surface area contributed by atoms with Gasteiger partial charge in [-0.15, -0.1) is 0 Å². The Morgan fingerprint density at radius 3 is 2.03 bits per heavy atom. The third kappa shape index (κ3) is 4.07. The molecule has 158 valence electrons. The maximum Gasteiger partial charge on any atom is 0.494 e. The zero-order valence-electron chi connectivity index (χ0n) is 19.6. The van der Waals surface area contributed by atoms with Crippen LogP contribution in [0.3, 0.4) is 0 Å². The van der Waals surface area contributed by atoms with E-state index in [1.165, 1.54) is 0 Å². The SMILES string of the molecule is COc1cc(O[Si](C)(C)C(C)(C)C)c2ccc(B3OC(C)(C)C(C)(C)O3)cc2c1. The lowest BCUT2D eigenvalue weighted by atomic mass is 9.78. The van der Waals surface area contributed by atoms with E-state index in [0.29, 0.717) is 0 Å². The van der Waals surface area contributed by atoms with E-state index in [2.05, 4.69) is 79.8 Å². The highest BCUT2D eigenvalue weighted by Crippen LogP contribution is 2.41. The van der Waals surface area contributed by atoms with Gasteiger partial charge < -0.3 is 18.5 Å². The van der Waals surface area contributed by atoms with Crippen molar-refractivity contribution < 1.29 is 18.5 Å². The number of fused-ring (bicyclic) bond motifs is 1. The summed E-state index contributed by atoms with van der Waals surface area (Å²) >= 11 is 0. The van der Waals surface area contributed by atoms with Crippen LogP contribution in [-0.2, 0) is 9.31 Å². The van der Waals surface area contributed by atoms with Crippen molar-refractivity contribution in [1.82, 2.24) is 0 Å². The van der Waals surface area contributed by atoms with Crippen molar-refractivity contribution in [2.45, 2.75) is 77.8 Å². The molecule has 0 aromatic heterocycles. The highest BCUT2D eigenvalue weighted by molar-refractivity contribution is 6.74. The Balaban J connectivity index is 2.04. The molecule has 1 fully saturated rings. The van der Waals surface area contributed by atoms with Crippen LogP contribution in [0.4, 0.5) is 0 Å². The first-order valence-corrected chi connectivity index (χ1v) is 13.2. The van der Waals surface area contributed by atoms with Gasteiger partial charge in [-0.05, 0) is 62.7 Å². The van der Waals surface area contributed by atoms with Crippen LogP contribution in [0, 0.1) is 0 Å². The molecule has 1 aliphatic rings. The molecule has 29 heavy (non-hydrogen) atoms. The largest absolute Gasteiger partial charge is 0.543 e. The average Bonchev–Trinajstić information content (AvgIpc) is 2.80. The summed E-state index contributed by atoms with van der Waals surface area (Å²) in [5, 5.41) is 2.26. The van der Waals surface area contributed by atoms with Gasteiger partial charge in [0.1, 0.15) is 11.5 Å². The number of ether oxygens (including phenoxy) is 1. The molecule has 0 N–H and O–H groups in total. The molecule has 1 saturated heterocycles. The van der Waals surface area contributed by atoms with Crippen LogP contribution in [0.25, 0.3) is 10.8 Å². The molecule has 0 radical (unpaired) electrons. The lowest BCUT2D eigenvalue weighted by Gasteiger charge is -2.36. The van der Waals surface area contributed by atoms with Gasteiger partial charge in [0.2, 0.25) is 0 Å². The van der Waals surface area contributed by atoms with Gasteiger partial charge in [0, 0.05) is 11.5 Å². The van der Waals surface area contributed by atoms with Gasteiger partial charge in [-0.25, -0.2) is 0 Å². The van der Waals surface area contributed by atoms with Crippen molar-refractivity contribution in [2.24, 2.45) is 0 Å². The fourth-order valence-corrected chi connectivity index (χ4v) is 4.11. The summed E-state index contributed by atoms with van der Waals surface area (Å²) in [6.07, 6.45) is 0. The average molecular weight is 414 g/mol. The summed E-state index contributed by atoms with van der Waals surface area (Å²) in [4.78, 5) is 0. The van der Waals surface area contributed by atoms with Crippen LogP contribution in [-0.4, -0.2) is 33.7 Å². The molecule has 0 saturated carbocycles. The normalized spacial score (nSPS) is 18.9. The van der Waals surface area contributed by atoms with Crippen molar-refractivity contribution in [2.75, 3.05) is 7.11 Å². The predicted molar refractivity (Wildman–Crippen MR) is 124 cm³/mol. The molecule has 2 aromatic rings. The molecule has 0 bridgehead atoms. The molecule has 1 heterocycles. The van der Waals surface area contributed by atoms with Crippen LogP contribution in [0.5, 0.6) is 11.5 Å². The minimum atomic E-state index is -1.98. The third-order valence-corrected chi connectivity index (χ3v) is 11.2. The van der Waals surface area contributed by atoms with E-state index < -0.39 is 8.32 Å². The number of hydrogen-bond donors (Lipinski definition) is 0. The highest BCUT2D eigenvalue weighted by atomic mass is 28.4.